The van der Waals surface area contributed by atoms with Crippen LogP contribution in [0, 0.1) is 0 Å². The van der Waals surface area contributed by atoms with Crippen LogP contribution in [0.2, 0.25) is 0 Å². The van der Waals surface area contributed by atoms with Gasteiger partial charge in [-0.2, -0.15) is 8.78 Å². The minimum Gasteiger partial charge on any atom is -0.435 e. The molecule has 1 heterocycles. The molecule has 1 unspecified atom stereocenters. The molecule has 2 rings (SSSR count). The third-order valence-corrected chi connectivity index (χ3v) is 2.52. The summed E-state index contributed by atoms with van der Waals surface area (Å²) in [5.41, 5.74) is 6.38. The first kappa shape index (κ1) is 13.4. The van der Waals surface area contributed by atoms with Crippen molar-refractivity contribution in [3.8, 4) is 17.2 Å². The molecule has 102 valence electrons. The minimum atomic E-state index is -2.84. The number of hydrogen-bond acceptors (Lipinski definition) is 5. The molecule has 0 bridgehead atoms. The molecule has 0 amide bonds. The zero-order valence-corrected chi connectivity index (χ0v) is 10.2. The molecule has 0 saturated heterocycles. The van der Waals surface area contributed by atoms with Crippen LogP contribution in [0.3, 0.4) is 0 Å². The zero-order valence-electron chi connectivity index (χ0n) is 10.2. The van der Waals surface area contributed by atoms with E-state index in [1.54, 1.807) is 12.1 Å². The van der Waals surface area contributed by atoms with Crippen molar-refractivity contribution in [3.63, 3.8) is 0 Å². The number of hydrogen-bond donors (Lipinski definition) is 1. The Bertz CT molecular complexity index is 528. The third-order valence-electron chi connectivity index (χ3n) is 2.52. The number of nitrogens with zero attached hydrogens (tertiary/aromatic N) is 2. The van der Waals surface area contributed by atoms with Gasteiger partial charge in [-0.3, -0.25) is 0 Å². The van der Waals surface area contributed by atoms with Crippen LogP contribution in [-0.2, 0) is 0 Å². The summed E-state index contributed by atoms with van der Waals surface area (Å²) in [6.07, 6.45) is 0.683. The maximum absolute atomic E-state index is 12.0. The molecule has 2 aromatic rings. The van der Waals surface area contributed by atoms with Crippen LogP contribution in [0.25, 0.3) is 11.5 Å². The van der Waals surface area contributed by atoms with Crippen LogP contribution >= 0.6 is 0 Å². The van der Waals surface area contributed by atoms with E-state index in [-0.39, 0.29) is 11.8 Å². The van der Waals surface area contributed by atoms with Crippen LogP contribution < -0.4 is 10.5 Å². The number of alkyl halides is 2. The molecule has 0 spiro atoms. The first-order valence-corrected chi connectivity index (χ1v) is 5.74. The molecule has 19 heavy (non-hydrogen) atoms. The lowest BCUT2D eigenvalue weighted by atomic mass is 10.2. The highest BCUT2D eigenvalue weighted by molar-refractivity contribution is 5.53. The lowest BCUT2D eigenvalue weighted by Crippen LogP contribution is -2.08. The van der Waals surface area contributed by atoms with Gasteiger partial charge in [-0.05, 0) is 30.7 Å². The highest BCUT2D eigenvalue weighted by atomic mass is 19.3. The van der Waals surface area contributed by atoms with Gasteiger partial charge in [0.15, 0.2) is 0 Å². The summed E-state index contributed by atoms with van der Waals surface area (Å²) in [5, 5.41) is 7.70. The highest BCUT2D eigenvalue weighted by Crippen LogP contribution is 2.23. The second-order valence-corrected chi connectivity index (χ2v) is 3.86. The number of nitrogens with two attached hydrogens (primary N) is 1. The van der Waals surface area contributed by atoms with Crippen LogP contribution in [0.4, 0.5) is 8.78 Å². The summed E-state index contributed by atoms with van der Waals surface area (Å²) in [5.74, 6) is 0.719. The monoisotopic (exact) mass is 269 g/mol. The standard InChI is InChI=1S/C12H13F2N3O2/c1-2-9(15)11-17-16-10(19-11)7-3-5-8(6-4-7)18-12(13)14/h3-6,9,12H,2,15H2,1H3. The van der Waals surface area contributed by atoms with Crippen LogP contribution in [0.1, 0.15) is 25.3 Å². The molecular weight excluding hydrogens is 256 g/mol. The molecule has 7 heteroatoms. The molecule has 1 atom stereocenters. The topological polar surface area (TPSA) is 74.2 Å². The van der Waals surface area contributed by atoms with Crippen molar-refractivity contribution in [2.75, 3.05) is 0 Å². The second kappa shape index (κ2) is 5.75. The maximum atomic E-state index is 12.0. The Morgan fingerprint density at radius 3 is 2.53 bits per heavy atom. The lowest BCUT2D eigenvalue weighted by Gasteiger charge is -2.04. The fraction of sp³-hybridized carbons (Fsp3) is 0.333. The molecule has 1 aromatic carbocycles. The molecular formula is C12H13F2N3O2. The minimum absolute atomic E-state index is 0.0729. The maximum Gasteiger partial charge on any atom is 0.387 e. The van der Waals surface area contributed by atoms with Gasteiger partial charge in [0.2, 0.25) is 11.8 Å². The van der Waals surface area contributed by atoms with E-state index >= 15 is 0 Å². The predicted molar refractivity (Wildman–Crippen MR) is 63.6 cm³/mol. The van der Waals surface area contributed by atoms with Crippen LogP contribution in [0.15, 0.2) is 28.7 Å². The first-order valence-electron chi connectivity index (χ1n) is 5.74. The van der Waals surface area contributed by atoms with Crippen molar-refractivity contribution in [2.24, 2.45) is 5.73 Å². The van der Waals surface area contributed by atoms with Gasteiger partial charge in [-0.25, -0.2) is 0 Å². The molecule has 1 aromatic heterocycles. The summed E-state index contributed by atoms with van der Waals surface area (Å²) < 4.78 is 33.6. The lowest BCUT2D eigenvalue weighted by molar-refractivity contribution is -0.0498. The quantitative estimate of drug-likeness (QED) is 0.903. The van der Waals surface area contributed by atoms with Crippen molar-refractivity contribution >= 4 is 0 Å². The van der Waals surface area contributed by atoms with Crippen LogP contribution in [0.5, 0.6) is 5.75 Å². The molecule has 5 nitrogen and oxygen atoms in total. The Balaban J connectivity index is 2.15. The molecule has 0 aliphatic rings. The van der Waals surface area contributed by atoms with Crippen molar-refractivity contribution in [1.29, 1.82) is 0 Å². The molecule has 0 aliphatic carbocycles. The number of benzene rings is 1. The predicted octanol–water partition coefficient (Wildman–Crippen LogP) is 2.75. The molecule has 0 radical (unpaired) electrons. The second-order valence-electron chi connectivity index (χ2n) is 3.86. The molecule has 0 fully saturated rings. The molecule has 0 saturated carbocycles. The van der Waals surface area contributed by atoms with Crippen LogP contribution in [-0.4, -0.2) is 16.8 Å². The Morgan fingerprint density at radius 2 is 1.95 bits per heavy atom. The van der Waals surface area contributed by atoms with Crippen molar-refractivity contribution in [2.45, 2.75) is 26.0 Å². The van der Waals surface area contributed by atoms with Gasteiger partial charge in [0.1, 0.15) is 5.75 Å². The summed E-state index contributed by atoms with van der Waals surface area (Å²) in [6, 6.07) is 5.64. The van der Waals surface area contributed by atoms with Gasteiger partial charge in [-0.1, -0.05) is 6.92 Å². The molecule has 2 N–H and O–H groups in total. The Morgan fingerprint density at radius 1 is 1.26 bits per heavy atom. The van der Waals surface area contributed by atoms with Gasteiger partial charge >= 0.3 is 6.61 Å². The number of aromatic nitrogens is 2. The van der Waals surface area contributed by atoms with E-state index in [0.29, 0.717) is 23.8 Å². The fourth-order valence-corrected chi connectivity index (χ4v) is 1.45. The molecule has 0 aliphatic heterocycles. The largest absolute Gasteiger partial charge is 0.435 e. The normalized spacial score (nSPS) is 12.7. The van der Waals surface area contributed by atoms with E-state index in [2.05, 4.69) is 14.9 Å². The van der Waals surface area contributed by atoms with E-state index in [1.165, 1.54) is 12.1 Å². The van der Waals surface area contributed by atoms with Crippen molar-refractivity contribution < 1.29 is 17.9 Å². The zero-order chi connectivity index (χ0) is 13.8. The summed E-state index contributed by atoms with van der Waals surface area (Å²) >= 11 is 0. The van der Waals surface area contributed by atoms with Gasteiger partial charge in [0.05, 0.1) is 6.04 Å². The smallest absolute Gasteiger partial charge is 0.387 e. The third kappa shape index (κ3) is 3.25. The Labute approximate surface area is 108 Å². The van der Waals surface area contributed by atoms with Crippen molar-refractivity contribution in [3.05, 3.63) is 30.2 Å². The average molecular weight is 269 g/mol. The summed E-state index contributed by atoms with van der Waals surface area (Å²) in [7, 11) is 0. The van der Waals surface area contributed by atoms with Gasteiger partial charge < -0.3 is 14.9 Å². The Kier molecular flexibility index (Phi) is 4.06. The fourth-order valence-electron chi connectivity index (χ4n) is 1.45. The van der Waals surface area contributed by atoms with E-state index in [9.17, 15) is 8.78 Å². The number of ether oxygens (including phenoxy) is 1. The van der Waals surface area contributed by atoms with E-state index in [4.69, 9.17) is 10.2 Å². The highest BCUT2D eigenvalue weighted by Gasteiger charge is 2.14. The van der Waals surface area contributed by atoms with E-state index in [0.717, 1.165) is 0 Å². The number of rotatable bonds is 5. The average Bonchev–Trinajstić information content (AvgIpc) is 2.87. The summed E-state index contributed by atoms with van der Waals surface area (Å²) in [6.45, 7) is -0.936. The van der Waals surface area contributed by atoms with Gasteiger partial charge in [-0.15, -0.1) is 10.2 Å². The van der Waals surface area contributed by atoms with E-state index < -0.39 is 6.61 Å². The van der Waals surface area contributed by atoms with Gasteiger partial charge in [0, 0.05) is 5.56 Å². The first-order chi connectivity index (χ1) is 9.10. The van der Waals surface area contributed by atoms with Gasteiger partial charge in [0.25, 0.3) is 0 Å². The summed E-state index contributed by atoms with van der Waals surface area (Å²) in [4.78, 5) is 0. The van der Waals surface area contributed by atoms with E-state index in [1.807, 2.05) is 6.92 Å². The van der Waals surface area contributed by atoms with Crippen molar-refractivity contribution in [1.82, 2.24) is 10.2 Å². The SMILES string of the molecule is CCC(N)c1nnc(-c2ccc(OC(F)F)cc2)o1. The Hall–Kier alpha value is -2.02. The number of halogens is 2.